The Hall–Kier alpha value is -3.19. The SMILES string of the molecule is CCOC(=O)c1c(-c2ccc(Cl)cc2)csc1NC(=O)CSc1nnc(CS(=O)(=O)c2ccccc2)n1CC. The number of nitrogens with one attached hydrogen (secondary N) is 1. The number of nitrogens with zero attached hydrogens (tertiary/aromatic N) is 3. The van der Waals surface area contributed by atoms with Crippen molar-refractivity contribution in [3.8, 4) is 11.1 Å². The molecular weight excluding hydrogens is 580 g/mol. The van der Waals surface area contributed by atoms with Crippen LogP contribution in [0.1, 0.15) is 30.0 Å². The number of aromatic nitrogens is 3. The molecule has 0 aliphatic heterocycles. The minimum absolute atomic E-state index is 0.0278. The highest BCUT2D eigenvalue weighted by molar-refractivity contribution is 7.99. The van der Waals surface area contributed by atoms with E-state index in [4.69, 9.17) is 16.3 Å². The Balaban J connectivity index is 1.48. The number of carbonyl (C=O) groups excluding carboxylic acids is 2. The Morgan fingerprint density at radius 2 is 1.79 bits per heavy atom. The number of benzene rings is 2. The number of thioether (sulfide) groups is 1. The van der Waals surface area contributed by atoms with Crippen molar-refractivity contribution in [2.75, 3.05) is 17.7 Å². The van der Waals surface area contributed by atoms with Crippen LogP contribution in [0.3, 0.4) is 0 Å². The number of halogens is 1. The molecule has 1 amide bonds. The summed E-state index contributed by atoms with van der Waals surface area (Å²) < 4.78 is 32.5. The van der Waals surface area contributed by atoms with E-state index in [1.165, 1.54) is 23.5 Å². The third-order valence-electron chi connectivity index (χ3n) is 5.54. The highest BCUT2D eigenvalue weighted by Gasteiger charge is 2.24. The third kappa shape index (κ3) is 6.88. The van der Waals surface area contributed by atoms with Gasteiger partial charge in [-0.1, -0.05) is 53.7 Å². The molecule has 2 heterocycles. The van der Waals surface area contributed by atoms with E-state index in [-0.39, 0.29) is 34.5 Å². The number of thiophene rings is 1. The summed E-state index contributed by atoms with van der Waals surface area (Å²) in [6, 6.07) is 15.2. The lowest BCUT2D eigenvalue weighted by Gasteiger charge is -2.10. The van der Waals surface area contributed by atoms with E-state index in [2.05, 4.69) is 15.5 Å². The predicted molar refractivity (Wildman–Crippen MR) is 153 cm³/mol. The van der Waals surface area contributed by atoms with Crippen LogP contribution in [0, 0.1) is 0 Å². The Kier molecular flexibility index (Phi) is 9.44. The zero-order chi connectivity index (χ0) is 28.0. The van der Waals surface area contributed by atoms with Gasteiger partial charge in [0.05, 0.1) is 17.3 Å². The second-order valence-corrected chi connectivity index (χ2v) is 12.4. The van der Waals surface area contributed by atoms with Gasteiger partial charge < -0.3 is 14.6 Å². The molecule has 0 saturated heterocycles. The number of ether oxygens (including phenoxy) is 1. The van der Waals surface area contributed by atoms with Gasteiger partial charge in [-0.15, -0.1) is 21.5 Å². The highest BCUT2D eigenvalue weighted by Crippen LogP contribution is 2.37. The summed E-state index contributed by atoms with van der Waals surface area (Å²) in [7, 11) is -3.61. The van der Waals surface area contributed by atoms with Gasteiger partial charge in [0, 0.05) is 22.5 Å². The van der Waals surface area contributed by atoms with Gasteiger partial charge in [-0.2, -0.15) is 0 Å². The first-order chi connectivity index (χ1) is 18.7. The quantitative estimate of drug-likeness (QED) is 0.174. The number of hydrogen-bond acceptors (Lipinski definition) is 9. The minimum atomic E-state index is -3.61. The third-order valence-corrected chi connectivity index (χ3v) is 9.29. The molecule has 0 bridgehead atoms. The first kappa shape index (κ1) is 28.8. The second kappa shape index (κ2) is 12.8. The Morgan fingerprint density at radius 3 is 2.46 bits per heavy atom. The average Bonchev–Trinajstić information content (AvgIpc) is 3.51. The van der Waals surface area contributed by atoms with Crippen molar-refractivity contribution in [3.63, 3.8) is 0 Å². The number of sulfone groups is 1. The van der Waals surface area contributed by atoms with E-state index in [9.17, 15) is 18.0 Å². The maximum Gasteiger partial charge on any atom is 0.341 e. The second-order valence-electron chi connectivity index (χ2n) is 8.13. The smallest absolute Gasteiger partial charge is 0.341 e. The van der Waals surface area contributed by atoms with Crippen molar-refractivity contribution in [2.45, 2.75) is 36.2 Å². The lowest BCUT2D eigenvalue weighted by Crippen LogP contribution is -2.17. The summed E-state index contributed by atoms with van der Waals surface area (Å²) in [6.45, 7) is 4.18. The number of anilines is 1. The Labute approximate surface area is 239 Å². The average molecular weight is 605 g/mol. The standard InChI is InChI=1S/C26H25ClN4O5S3/c1-3-31-21(16-39(34,35)19-8-6-5-7-9-19)29-30-26(31)38-15-22(32)28-24-23(25(33)36-4-2)20(14-37-24)17-10-12-18(27)13-11-17/h5-14H,3-4,15-16H2,1-2H3,(H,28,32). The molecule has 2 aromatic carbocycles. The van der Waals surface area contributed by atoms with Gasteiger partial charge in [-0.3, -0.25) is 4.79 Å². The van der Waals surface area contributed by atoms with Crippen LogP contribution in [0.5, 0.6) is 0 Å². The van der Waals surface area contributed by atoms with Crippen molar-refractivity contribution in [1.82, 2.24) is 14.8 Å². The fraction of sp³-hybridized carbons (Fsp3) is 0.231. The monoisotopic (exact) mass is 604 g/mol. The first-order valence-corrected chi connectivity index (χ1v) is 15.8. The number of rotatable bonds is 11. The molecule has 0 radical (unpaired) electrons. The molecule has 0 aliphatic carbocycles. The molecule has 204 valence electrons. The van der Waals surface area contributed by atoms with E-state index in [0.717, 1.165) is 17.3 Å². The molecule has 39 heavy (non-hydrogen) atoms. The maximum absolute atomic E-state index is 12.9. The lowest BCUT2D eigenvalue weighted by molar-refractivity contribution is -0.113. The van der Waals surface area contributed by atoms with E-state index in [0.29, 0.717) is 33.1 Å². The van der Waals surface area contributed by atoms with Gasteiger partial charge in [0.25, 0.3) is 0 Å². The van der Waals surface area contributed by atoms with Gasteiger partial charge in [-0.25, -0.2) is 13.2 Å². The van der Waals surface area contributed by atoms with Crippen LogP contribution >= 0.6 is 34.7 Å². The van der Waals surface area contributed by atoms with Gasteiger partial charge >= 0.3 is 5.97 Å². The molecule has 4 aromatic rings. The Bertz CT molecular complexity index is 1570. The molecule has 9 nitrogen and oxygen atoms in total. The summed E-state index contributed by atoms with van der Waals surface area (Å²) in [5.74, 6) is -0.948. The van der Waals surface area contributed by atoms with Gasteiger partial charge in [0.2, 0.25) is 5.91 Å². The van der Waals surface area contributed by atoms with Crippen molar-refractivity contribution in [3.05, 3.63) is 76.4 Å². The zero-order valence-electron chi connectivity index (χ0n) is 21.1. The van der Waals surface area contributed by atoms with Crippen molar-refractivity contribution in [1.29, 1.82) is 0 Å². The van der Waals surface area contributed by atoms with E-state index in [1.54, 1.807) is 59.3 Å². The fourth-order valence-electron chi connectivity index (χ4n) is 3.72. The normalized spacial score (nSPS) is 11.4. The van der Waals surface area contributed by atoms with Crippen molar-refractivity contribution < 1.29 is 22.7 Å². The number of amides is 1. The van der Waals surface area contributed by atoms with Gasteiger partial charge in [-0.05, 0) is 43.7 Å². The van der Waals surface area contributed by atoms with Gasteiger partial charge in [0.15, 0.2) is 15.0 Å². The topological polar surface area (TPSA) is 120 Å². The fourth-order valence-corrected chi connectivity index (χ4v) is 6.93. The molecule has 0 atom stereocenters. The van der Waals surface area contributed by atoms with E-state index in [1.807, 2.05) is 6.92 Å². The zero-order valence-corrected chi connectivity index (χ0v) is 24.3. The van der Waals surface area contributed by atoms with Gasteiger partial charge in [0.1, 0.15) is 22.1 Å². The molecule has 0 spiro atoms. The summed E-state index contributed by atoms with van der Waals surface area (Å²) >= 11 is 8.35. The summed E-state index contributed by atoms with van der Waals surface area (Å²) in [6.07, 6.45) is 0. The molecular formula is C26H25ClN4O5S3. The maximum atomic E-state index is 12.9. The number of esters is 1. The summed E-state index contributed by atoms with van der Waals surface area (Å²) in [5.41, 5.74) is 1.67. The highest BCUT2D eigenvalue weighted by atomic mass is 35.5. The summed E-state index contributed by atoms with van der Waals surface area (Å²) in [5, 5.41) is 14.1. The molecule has 0 aliphatic rings. The van der Waals surface area contributed by atoms with Crippen LogP contribution in [0.2, 0.25) is 5.02 Å². The molecule has 4 rings (SSSR count). The first-order valence-electron chi connectivity index (χ1n) is 11.9. The van der Waals surface area contributed by atoms with Crippen LogP contribution in [0.15, 0.2) is 70.0 Å². The molecule has 1 N–H and O–H groups in total. The van der Waals surface area contributed by atoms with Crippen molar-refractivity contribution in [2.24, 2.45) is 0 Å². The molecule has 0 unspecified atom stereocenters. The van der Waals surface area contributed by atoms with Crippen LogP contribution in [-0.4, -0.2) is 47.4 Å². The number of hydrogen-bond donors (Lipinski definition) is 1. The van der Waals surface area contributed by atoms with Crippen LogP contribution in [0.4, 0.5) is 5.00 Å². The molecule has 2 aromatic heterocycles. The number of carbonyl (C=O) groups is 2. The van der Waals surface area contributed by atoms with Crippen molar-refractivity contribution >= 4 is 61.4 Å². The predicted octanol–water partition coefficient (Wildman–Crippen LogP) is 5.56. The van der Waals surface area contributed by atoms with Crippen LogP contribution < -0.4 is 5.32 Å². The molecule has 0 saturated carbocycles. The van der Waals surface area contributed by atoms with E-state index < -0.39 is 15.8 Å². The molecule has 13 heteroatoms. The van der Waals surface area contributed by atoms with Crippen LogP contribution in [0.25, 0.3) is 11.1 Å². The summed E-state index contributed by atoms with van der Waals surface area (Å²) in [4.78, 5) is 25.9. The largest absolute Gasteiger partial charge is 0.462 e. The molecule has 0 fully saturated rings. The Morgan fingerprint density at radius 1 is 1.08 bits per heavy atom. The lowest BCUT2D eigenvalue weighted by atomic mass is 10.0. The van der Waals surface area contributed by atoms with Crippen LogP contribution in [-0.2, 0) is 31.7 Å². The van der Waals surface area contributed by atoms with E-state index >= 15 is 0 Å². The minimum Gasteiger partial charge on any atom is -0.462 e.